The second kappa shape index (κ2) is 4.94. The summed E-state index contributed by atoms with van der Waals surface area (Å²) in [5.41, 5.74) is 2.89. The maximum Gasteiger partial charge on any atom is 0.0234 e. The van der Waals surface area contributed by atoms with E-state index in [1.807, 2.05) is 0 Å². The van der Waals surface area contributed by atoms with E-state index in [4.69, 9.17) is 0 Å². The molecule has 0 N–H and O–H groups in total. The summed E-state index contributed by atoms with van der Waals surface area (Å²) in [6.45, 7) is 2.10. The number of nitrogens with zero attached hydrogens (tertiary/aromatic N) is 1. The summed E-state index contributed by atoms with van der Waals surface area (Å²) in [7, 11) is 2.17. The average Bonchev–Trinajstić information content (AvgIpc) is 2.71. The lowest BCUT2D eigenvalue weighted by Gasteiger charge is -2.17. The molecule has 0 radical (unpaired) electrons. The van der Waals surface area contributed by atoms with Gasteiger partial charge in [-0.3, -0.25) is 4.90 Å². The average molecular weight is 199 g/mol. The Morgan fingerprint density at radius 1 is 1.13 bits per heavy atom. The van der Waals surface area contributed by atoms with Gasteiger partial charge in [-0.25, -0.2) is 0 Å². The summed E-state index contributed by atoms with van der Waals surface area (Å²) in [6.07, 6.45) is 7.71. The van der Waals surface area contributed by atoms with E-state index in [1.165, 1.54) is 11.1 Å². The van der Waals surface area contributed by atoms with Gasteiger partial charge in [0.15, 0.2) is 0 Å². The summed E-state index contributed by atoms with van der Waals surface area (Å²) >= 11 is 0. The van der Waals surface area contributed by atoms with Gasteiger partial charge in [0.2, 0.25) is 0 Å². The number of hydrogen-bond donors (Lipinski definition) is 0. The molecule has 1 nitrogen and oxygen atoms in total. The zero-order valence-corrected chi connectivity index (χ0v) is 9.19. The fraction of sp³-hybridized carbons (Fsp3) is 0.286. The second-order valence-corrected chi connectivity index (χ2v) is 4.12. The van der Waals surface area contributed by atoms with Gasteiger partial charge >= 0.3 is 0 Å². The molecule has 1 aromatic carbocycles. The molecule has 15 heavy (non-hydrogen) atoms. The fourth-order valence-electron chi connectivity index (χ4n) is 1.91. The molecule has 2 rings (SSSR count). The number of benzene rings is 1. The Morgan fingerprint density at radius 3 is 2.60 bits per heavy atom. The molecule has 0 unspecified atom stereocenters. The number of likely N-dealkylation sites (N-methyl/N-ethyl adjacent to an activating group) is 1. The summed E-state index contributed by atoms with van der Waals surface area (Å²) in [5.74, 6) is 0. The van der Waals surface area contributed by atoms with E-state index < -0.39 is 0 Å². The first kappa shape index (κ1) is 10.2. The Labute approximate surface area is 91.7 Å². The lowest BCUT2D eigenvalue weighted by molar-refractivity contribution is 0.354. The van der Waals surface area contributed by atoms with Crippen LogP contribution in [0.4, 0.5) is 0 Å². The highest BCUT2D eigenvalue weighted by Gasteiger charge is 2.04. The predicted molar refractivity (Wildman–Crippen MR) is 64.6 cm³/mol. The Kier molecular flexibility index (Phi) is 3.36. The molecule has 0 fully saturated rings. The third-order valence-corrected chi connectivity index (χ3v) is 2.62. The highest BCUT2D eigenvalue weighted by molar-refractivity contribution is 5.24. The van der Waals surface area contributed by atoms with Crippen molar-refractivity contribution in [2.75, 3.05) is 13.6 Å². The molecular weight excluding hydrogens is 182 g/mol. The van der Waals surface area contributed by atoms with Gasteiger partial charge in [-0.15, -0.1) is 0 Å². The number of rotatable bonds is 4. The van der Waals surface area contributed by atoms with E-state index in [0.717, 1.165) is 19.5 Å². The van der Waals surface area contributed by atoms with Gasteiger partial charge < -0.3 is 0 Å². The van der Waals surface area contributed by atoms with Crippen molar-refractivity contribution in [2.24, 2.45) is 0 Å². The fourth-order valence-corrected chi connectivity index (χ4v) is 1.91. The highest BCUT2D eigenvalue weighted by Crippen LogP contribution is 2.12. The van der Waals surface area contributed by atoms with Crippen molar-refractivity contribution in [1.82, 2.24) is 4.90 Å². The van der Waals surface area contributed by atoms with Gasteiger partial charge in [0.05, 0.1) is 0 Å². The quantitative estimate of drug-likeness (QED) is 0.720. The van der Waals surface area contributed by atoms with Crippen LogP contribution >= 0.6 is 0 Å². The molecule has 1 aliphatic carbocycles. The minimum Gasteiger partial charge on any atom is -0.298 e. The van der Waals surface area contributed by atoms with Gasteiger partial charge in [0.1, 0.15) is 0 Å². The molecule has 0 heterocycles. The van der Waals surface area contributed by atoms with Crippen LogP contribution < -0.4 is 0 Å². The zero-order valence-electron chi connectivity index (χ0n) is 9.19. The van der Waals surface area contributed by atoms with Crippen LogP contribution in [0, 0.1) is 0 Å². The smallest absolute Gasteiger partial charge is 0.0234 e. The van der Waals surface area contributed by atoms with Crippen LogP contribution in [0.15, 0.2) is 54.1 Å². The Hall–Kier alpha value is -1.34. The number of hydrogen-bond acceptors (Lipinski definition) is 1. The molecule has 1 aromatic rings. The lowest BCUT2D eigenvalue weighted by Crippen LogP contribution is -2.20. The Balaban J connectivity index is 1.85. The molecule has 78 valence electrons. The lowest BCUT2D eigenvalue weighted by atomic mass is 10.2. The van der Waals surface area contributed by atoms with E-state index in [1.54, 1.807) is 0 Å². The molecule has 0 saturated heterocycles. The topological polar surface area (TPSA) is 3.24 Å². The van der Waals surface area contributed by atoms with Crippen LogP contribution in [-0.4, -0.2) is 18.5 Å². The van der Waals surface area contributed by atoms with Crippen LogP contribution in [0.5, 0.6) is 0 Å². The first-order valence-electron chi connectivity index (χ1n) is 5.41. The van der Waals surface area contributed by atoms with Crippen LogP contribution in [0.3, 0.4) is 0 Å². The van der Waals surface area contributed by atoms with Crippen molar-refractivity contribution in [3.05, 3.63) is 59.7 Å². The molecule has 1 heteroatoms. The van der Waals surface area contributed by atoms with E-state index in [-0.39, 0.29) is 0 Å². The van der Waals surface area contributed by atoms with Gasteiger partial charge in [0.25, 0.3) is 0 Å². The monoisotopic (exact) mass is 199 g/mol. The summed E-state index contributed by atoms with van der Waals surface area (Å²) in [4.78, 5) is 2.36. The Morgan fingerprint density at radius 2 is 1.93 bits per heavy atom. The third-order valence-electron chi connectivity index (χ3n) is 2.62. The molecule has 1 aliphatic rings. The zero-order chi connectivity index (χ0) is 10.5. The van der Waals surface area contributed by atoms with E-state index in [2.05, 4.69) is 60.5 Å². The molecule has 0 spiro atoms. The van der Waals surface area contributed by atoms with Gasteiger partial charge in [-0.2, -0.15) is 0 Å². The standard InChI is InChI=1S/C14H17N/c1-15(12-14-9-5-6-10-14)11-13-7-3-2-4-8-13/h2-9H,10-12H2,1H3. The van der Waals surface area contributed by atoms with Crippen molar-refractivity contribution >= 4 is 0 Å². The van der Waals surface area contributed by atoms with Crippen molar-refractivity contribution in [2.45, 2.75) is 13.0 Å². The minimum atomic E-state index is 1.03. The van der Waals surface area contributed by atoms with Crippen LogP contribution in [0.2, 0.25) is 0 Å². The largest absolute Gasteiger partial charge is 0.298 e. The van der Waals surface area contributed by atoms with Gasteiger partial charge in [0, 0.05) is 13.1 Å². The first-order chi connectivity index (χ1) is 7.34. The molecule has 0 amide bonds. The molecular formula is C14H17N. The third kappa shape index (κ3) is 3.07. The second-order valence-electron chi connectivity index (χ2n) is 4.12. The Bertz CT molecular complexity index is 362. The maximum absolute atomic E-state index is 2.36. The normalized spacial score (nSPS) is 14.7. The first-order valence-corrected chi connectivity index (χ1v) is 5.41. The summed E-state index contributed by atoms with van der Waals surface area (Å²) in [5, 5.41) is 0. The molecule has 0 aliphatic heterocycles. The SMILES string of the molecule is CN(CC1=CC=CC1)Cc1ccccc1. The molecule has 0 saturated carbocycles. The predicted octanol–water partition coefficient (Wildman–Crippen LogP) is 3.00. The van der Waals surface area contributed by atoms with Crippen molar-refractivity contribution in [3.63, 3.8) is 0 Å². The van der Waals surface area contributed by atoms with Crippen molar-refractivity contribution < 1.29 is 0 Å². The van der Waals surface area contributed by atoms with E-state index in [9.17, 15) is 0 Å². The summed E-state index contributed by atoms with van der Waals surface area (Å²) in [6, 6.07) is 10.6. The molecule has 0 atom stereocenters. The minimum absolute atomic E-state index is 1.03. The van der Waals surface area contributed by atoms with E-state index >= 15 is 0 Å². The maximum atomic E-state index is 2.36. The summed E-state index contributed by atoms with van der Waals surface area (Å²) < 4.78 is 0. The van der Waals surface area contributed by atoms with Crippen LogP contribution in [-0.2, 0) is 6.54 Å². The molecule has 0 bridgehead atoms. The highest BCUT2D eigenvalue weighted by atomic mass is 15.1. The van der Waals surface area contributed by atoms with Crippen LogP contribution in [0.1, 0.15) is 12.0 Å². The van der Waals surface area contributed by atoms with Crippen LogP contribution in [0.25, 0.3) is 0 Å². The number of allylic oxidation sites excluding steroid dienone is 3. The molecule has 0 aromatic heterocycles. The van der Waals surface area contributed by atoms with Crippen molar-refractivity contribution in [1.29, 1.82) is 0 Å². The van der Waals surface area contributed by atoms with Gasteiger partial charge in [-0.05, 0) is 19.0 Å². The van der Waals surface area contributed by atoms with Gasteiger partial charge in [-0.1, -0.05) is 54.1 Å². The van der Waals surface area contributed by atoms with E-state index in [0.29, 0.717) is 0 Å². The van der Waals surface area contributed by atoms with Crippen molar-refractivity contribution in [3.8, 4) is 0 Å².